The number of ether oxygens (including phenoxy) is 1. The fourth-order valence-corrected chi connectivity index (χ4v) is 1.76. The van der Waals surface area contributed by atoms with Crippen LogP contribution in [0.5, 0.6) is 0 Å². The summed E-state index contributed by atoms with van der Waals surface area (Å²) in [6, 6.07) is 7.11. The summed E-state index contributed by atoms with van der Waals surface area (Å²) in [6.45, 7) is 2.55. The van der Waals surface area contributed by atoms with Gasteiger partial charge in [-0.15, -0.1) is 0 Å². The normalized spacial score (nSPS) is 18.4. The van der Waals surface area contributed by atoms with Gasteiger partial charge in [-0.25, -0.2) is 0 Å². The van der Waals surface area contributed by atoms with Crippen molar-refractivity contribution in [2.75, 3.05) is 6.61 Å². The Labute approximate surface area is 105 Å². The van der Waals surface area contributed by atoms with E-state index >= 15 is 0 Å². The SMILES string of the molecule is Cc1ccc(C(=O)NNC(=O)[C@H]2CCCO2)cc1. The van der Waals surface area contributed by atoms with E-state index in [-0.39, 0.29) is 11.8 Å². The summed E-state index contributed by atoms with van der Waals surface area (Å²) in [5.41, 5.74) is 6.34. The van der Waals surface area contributed by atoms with Gasteiger partial charge in [0.05, 0.1) is 0 Å². The second-order valence-corrected chi connectivity index (χ2v) is 4.31. The number of carbonyl (C=O) groups is 2. The van der Waals surface area contributed by atoms with E-state index in [0.717, 1.165) is 12.0 Å². The van der Waals surface area contributed by atoms with Gasteiger partial charge in [-0.05, 0) is 31.9 Å². The first-order chi connectivity index (χ1) is 8.66. The van der Waals surface area contributed by atoms with Crippen molar-refractivity contribution < 1.29 is 14.3 Å². The number of hydrogen-bond acceptors (Lipinski definition) is 3. The van der Waals surface area contributed by atoms with Crippen LogP contribution in [-0.2, 0) is 9.53 Å². The number of hydrazine groups is 1. The van der Waals surface area contributed by atoms with Crippen LogP contribution in [0, 0.1) is 6.92 Å². The van der Waals surface area contributed by atoms with Gasteiger partial charge in [0.25, 0.3) is 11.8 Å². The Balaban J connectivity index is 1.84. The average Bonchev–Trinajstić information content (AvgIpc) is 2.90. The number of rotatable bonds is 2. The zero-order chi connectivity index (χ0) is 13.0. The first kappa shape index (κ1) is 12.6. The summed E-state index contributed by atoms with van der Waals surface area (Å²) in [5, 5.41) is 0. The Bertz CT molecular complexity index is 436. The van der Waals surface area contributed by atoms with Gasteiger partial charge in [0.2, 0.25) is 0 Å². The number of benzene rings is 1. The van der Waals surface area contributed by atoms with Crippen molar-refractivity contribution in [1.82, 2.24) is 10.9 Å². The van der Waals surface area contributed by atoms with Crippen LogP contribution in [0.15, 0.2) is 24.3 Å². The summed E-state index contributed by atoms with van der Waals surface area (Å²) in [7, 11) is 0. The third-order valence-corrected chi connectivity index (χ3v) is 2.84. The summed E-state index contributed by atoms with van der Waals surface area (Å²) >= 11 is 0. The topological polar surface area (TPSA) is 67.4 Å². The molecule has 0 aromatic heterocycles. The summed E-state index contributed by atoms with van der Waals surface area (Å²) in [5.74, 6) is -0.630. The zero-order valence-electron chi connectivity index (χ0n) is 10.2. The molecule has 5 heteroatoms. The monoisotopic (exact) mass is 248 g/mol. The molecular formula is C13H16N2O3. The van der Waals surface area contributed by atoms with Crippen molar-refractivity contribution in [3.05, 3.63) is 35.4 Å². The van der Waals surface area contributed by atoms with Crippen molar-refractivity contribution in [3.8, 4) is 0 Å². The van der Waals surface area contributed by atoms with Gasteiger partial charge >= 0.3 is 0 Å². The molecule has 1 fully saturated rings. The Hall–Kier alpha value is -1.88. The van der Waals surface area contributed by atoms with Gasteiger partial charge in [0.1, 0.15) is 6.10 Å². The van der Waals surface area contributed by atoms with E-state index in [0.29, 0.717) is 18.6 Å². The van der Waals surface area contributed by atoms with Crippen molar-refractivity contribution in [3.63, 3.8) is 0 Å². The van der Waals surface area contributed by atoms with E-state index in [1.165, 1.54) is 0 Å². The number of nitrogens with one attached hydrogen (secondary N) is 2. The highest BCUT2D eigenvalue weighted by molar-refractivity contribution is 5.95. The second-order valence-electron chi connectivity index (χ2n) is 4.31. The van der Waals surface area contributed by atoms with Crippen LogP contribution in [0.4, 0.5) is 0 Å². The molecule has 0 aliphatic carbocycles. The first-order valence-corrected chi connectivity index (χ1v) is 5.95. The maximum Gasteiger partial charge on any atom is 0.269 e. The van der Waals surface area contributed by atoms with E-state index in [2.05, 4.69) is 10.9 Å². The lowest BCUT2D eigenvalue weighted by molar-refractivity contribution is -0.130. The first-order valence-electron chi connectivity index (χ1n) is 5.95. The molecule has 1 aliphatic heterocycles. The largest absolute Gasteiger partial charge is 0.368 e. The molecule has 0 spiro atoms. The van der Waals surface area contributed by atoms with Crippen LogP contribution in [0.1, 0.15) is 28.8 Å². The van der Waals surface area contributed by atoms with Crippen LogP contribution in [0.2, 0.25) is 0 Å². The van der Waals surface area contributed by atoms with Crippen molar-refractivity contribution in [2.24, 2.45) is 0 Å². The minimum Gasteiger partial charge on any atom is -0.368 e. The minimum atomic E-state index is -0.441. The lowest BCUT2D eigenvalue weighted by atomic mass is 10.1. The average molecular weight is 248 g/mol. The molecule has 1 aliphatic rings. The maximum atomic E-state index is 11.7. The molecule has 1 saturated heterocycles. The third kappa shape index (κ3) is 3.07. The van der Waals surface area contributed by atoms with Gasteiger partial charge in [-0.1, -0.05) is 17.7 Å². The zero-order valence-corrected chi connectivity index (χ0v) is 10.2. The van der Waals surface area contributed by atoms with Crippen molar-refractivity contribution in [2.45, 2.75) is 25.9 Å². The van der Waals surface area contributed by atoms with E-state index in [1.54, 1.807) is 12.1 Å². The summed E-state index contributed by atoms with van der Waals surface area (Å²) < 4.78 is 5.21. The van der Waals surface area contributed by atoms with Crippen LogP contribution in [-0.4, -0.2) is 24.5 Å². The molecule has 0 saturated carbocycles. The van der Waals surface area contributed by atoms with E-state index < -0.39 is 6.10 Å². The summed E-state index contributed by atoms with van der Waals surface area (Å²) in [4.78, 5) is 23.3. The van der Waals surface area contributed by atoms with E-state index in [1.807, 2.05) is 19.1 Å². The highest BCUT2D eigenvalue weighted by Gasteiger charge is 2.23. The molecule has 2 N–H and O–H groups in total. The molecular weight excluding hydrogens is 232 g/mol. The number of amides is 2. The highest BCUT2D eigenvalue weighted by atomic mass is 16.5. The van der Waals surface area contributed by atoms with Crippen LogP contribution in [0.3, 0.4) is 0 Å². The van der Waals surface area contributed by atoms with E-state index in [4.69, 9.17) is 4.74 Å². The predicted octanol–water partition coefficient (Wildman–Crippen LogP) is 0.935. The second kappa shape index (κ2) is 5.64. The smallest absolute Gasteiger partial charge is 0.269 e. The van der Waals surface area contributed by atoms with Crippen LogP contribution in [0.25, 0.3) is 0 Å². The van der Waals surface area contributed by atoms with Gasteiger partial charge in [-0.3, -0.25) is 20.4 Å². The fourth-order valence-electron chi connectivity index (χ4n) is 1.76. The molecule has 2 rings (SSSR count). The number of hydrogen-bond donors (Lipinski definition) is 2. The van der Waals surface area contributed by atoms with Crippen LogP contribution < -0.4 is 10.9 Å². The number of aryl methyl sites for hydroxylation is 1. The van der Waals surface area contributed by atoms with Gasteiger partial charge in [0.15, 0.2) is 0 Å². The molecule has 2 amide bonds. The van der Waals surface area contributed by atoms with E-state index in [9.17, 15) is 9.59 Å². The third-order valence-electron chi connectivity index (χ3n) is 2.84. The standard InChI is InChI=1S/C13H16N2O3/c1-9-4-6-10(7-5-9)12(16)14-15-13(17)11-3-2-8-18-11/h4-7,11H,2-3,8H2,1H3,(H,14,16)(H,15,17)/t11-/m1/s1. The van der Waals surface area contributed by atoms with Gasteiger partial charge < -0.3 is 4.74 Å². The molecule has 0 bridgehead atoms. The lowest BCUT2D eigenvalue weighted by Crippen LogP contribution is -2.46. The van der Waals surface area contributed by atoms with Crippen molar-refractivity contribution >= 4 is 11.8 Å². The molecule has 0 radical (unpaired) electrons. The fraction of sp³-hybridized carbons (Fsp3) is 0.385. The molecule has 18 heavy (non-hydrogen) atoms. The molecule has 5 nitrogen and oxygen atoms in total. The lowest BCUT2D eigenvalue weighted by Gasteiger charge is -2.11. The van der Waals surface area contributed by atoms with Gasteiger partial charge in [-0.2, -0.15) is 0 Å². The molecule has 1 aromatic rings. The summed E-state index contributed by atoms with van der Waals surface area (Å²) in [6.07, 6.45) is 1.14. The molecule has 96 valence electrons. The Morgan fingerprint density at radius 3 is 2.56 bits per heavy atom. The molecule has 1 aromatic carbocycles. The highest BCUT2D eigenvalue weighted by Crippen LogP contribution is 2.11. The van der Waals surface area contributed by atoms with Crippen LogP contribution >= 0.6 is 0 Å². The Kier molecular flexibility index (Phi) is 3.94. The number of carbonyl (C=O) groups excluding carboxylic acids is 2. The minimum absolute atomic E-state index is 0.298. The maximum absolute atomic E-state index is 11.7. The quantitative estimate of drug-likeness (QED) is 0.765. The van der Waals surface area contributed by atoms with Crippen molar-refractivity contribution in [1.29, 1.82) is 0 Å². The molecule has 1 atom stereocenters. The molecule has 0 unspecified atom stereocenters. The Morgan fingerprint density at radius 1 is 1.22 bits per heavy atom. The van der Waals surface area contributed by atoms with Gasteiger partial charge in [0, 0.05) is 12.2 Å². The molecule has 1 heterocycles. The predicted molar refractivity (Wildman–Crippen MR) is 65.8 cm³/mol. The Morgan fingerprint density at radius 2 is 1.94 bits per heavy atom.